The molecular formula is C22H22N4OS. The van der Waals surface area contributed by atoms with Crippen LogP contribution in [0, 0.1) is 6.92 Å². The summed E-state index contributed by atoms with van der Waals surface area (Å²) in [6, 6.07) is 12.7. The molecule has 6 heteroatoms. The fourth-order valence-electron chi connectivity index (χ4n) is 4.01. The molecule has 1 aromatic carbocycles. The van der Waals surface area contributed by atoms with Gasteiger partial charge in [-0.05, 0) is 50.8 Å². The van der Waals surface area contributed by atoms with Crippen LogP contribution in [0.5, 0.6) is 0 Å². The van der Waals surface area contributed by atoms with Crippen molar-refractivity contribution in [2.24, 2.45) is 0 Å². The van der Waals surface area contributed by atoms with E-state index in [1.54, 1.807) is 25.2 Å². The monoisotopic (exact) mass is 390 g/mol. The highest BCUT2D eigenvalue weighted by molar-refractivity contribution is 7.13. The number of hydrogen-bond acceptors (Lipinski definition) is 5. The second-order valence-electron chi connectivity index (χ2n) is 8.12. The summed E-state index contributed by atoms with van der Waals surface area (Å²) in [5.74, 6) is 0.954. The van der Waals surface area contributed by atoms with Gasteiger partial charge in [0.2, 0.25) is 0 Å². The zero-order chi connectivity index (χ0) is 19.5. The average molecular weight is 391 g/mol. The summed E-state index contributed by atoms with van der Waals surface area (Å²) in [6.07, 6.45) is 4.11. The van der Waals surface area contributed by atoms with Crippen molar-refractivity contribution in [2.75, 3.05) is 0 Å². The minimum Gasteiger partial charge on any atom is -0.386 e. The van der Waals surface area contributed by atoms with Gasteiger partial charge in [-0.1, -0.05) is 30.3 Å². The van der Waals surface area contributed by atoms with E-state index in [1.807, 2.05) is 35.2 Å². The molecular weight excluding hydrogens is 368 g/mol. The summed E-state index contributed by atoms with van der Waals surface area (Å²) >= 11 is 1.67. The lowest BCUT2D eigenvalue weighted by Crippen LogP contribution is -2.18. The van der Waals surface area contributed by atoms with Crippen LogP contribution in [0.2, 0.25) is 0 Å². The number of hydrogen-bond donors (Lipinski definition) is 1. The van der Waals surface area contributed by atoms with Crippen molar-refractivity contribution in [3.8, 4) is 10.4 Å². The highest BCUT2D eigenvalue weighted by Crippen LogP contribution is 2.53. The van der Waals surface area contributed by atoms with Crippen molar-refractivity contribution in [3.05, 3.63) is 70.8 Å². The lowest BCUT2D eigenvalue weighted by molar-refractivity contribution is 0.0796. The number of fused-ring (bicyclic) bond motifs is 1. The SMILES string of the molecule is Cc1ncsc1-c1ccc(C2(c3nnc4c(C(C)(C)O)cccn34)CC2)cc1. The number of aliphatic hydroxyl groups is 1. The van der Waals surface area contributed by atoms with Crippen LogP contribution < -0.4 is 0 Å². The summed E-state index contributed by atoms with van der Waals surface area (Å²) in [5.41, 5.74) is 5.90. The molecule has 0 radical (unpaired) electrons. The van der Waals surface area contributed by atoms with Gasteiger partial charge in [0.05, 0.1) is 27.1 Å². The fourth-order valence-corrected chi connectivity index (χ4v) is 4.82. The van der Waals surface area contributed by atoms with Gasteiger partial charge in [-0.2, -0.15) is 0 Å². The highest BCUT2D eigenvalue weighted by atomic mass is 32.1. The molecule has 1 N–H and O–H groups in total. The molecule has 3 aromatic heterocycles. The minimum atomic E-state index is -0.961. The third-order valence-corrected chi connectivity index (χ3v) is 6.69. The van der Waals surface area contributed by atoms with Gasteiger partial charge in [0, 0.05) is 11.8 Å². The number of pyridine rings is 1. The lowest BCUT2D eigenvalue weighted by atomic mass is 9.93. The Morgan fingerprint density at radius 3 is 2.46 bits per heavy atom. The largest absolute Gasteiger partial charge is 0.386 e. The second kappa shape index (κ2) is 5.96. The van der Waals surface area contributed by atoms with Gasteiger partial charge in [-0.25, -0.2) is 4.98 Å². The Morgan fingerprint density at radius 1 is 1.11 bits per heavy atom. The van der Waals surface area contributed by atoms with E-state index in [-0.39, 0.29) is 5.41 Å². The van der Waals surface area contributed by atoms with Gasteiger partial charge >= 0.3 is 0 Å². The zero-order valence-electron chi connectivity index (χ0n) is 16.2. The van der Waals surface area contributed by atoms with Gasteiger partial charge in [-0.3, -0.25) is 4.40 Å². The Morgan fingerprint density at radius 2 is 1.86 bits per heavy atom. The molecule has 1 aliphatic carbocycles. The number of nitrogens with zero attached hydrogens (tertiary/aromatic N) is 4. The minimum absolute atomic E-state index is 0.0983. The van der Waals surface area contributed by atoms with E-state index in [0.29, 0.717) is 0 Å². The molecule has 0 amide bonds. The van der Waals surface area contributed by atoms with E-state index >= 15 is 0 Å². The van der Waals surface area contributed by atoms with Crippen LogP contribution in [0.15, 0.2) is 48.1 Å². The van der Waals surface area contributed by atoms with Crippen LogP contribution in [0.25, 0.3) is 16.1 Å². The van der Waals surface area contributed by atoms with E-state index in [4.69, 9.17) is 0 Å². The summed E-state index contributed by atoms with van der Waals surface area (Å²) in [6.45, 7) is 5.61. The van der Waals surface area contributed by atoms with E-state index in [9.17, 15) is 5.11 Å². The topological polar surface area (TPSA) is 63.3 Å². The maximum Gasteiger partial charge on any atom is 0.166 e. The predicted molar refractivity (Wildman–Crippen MR) is 111 cm³/mol. The Kier molecular flexibility index (Phi) is 3.73. The van der Waals surface area contributed by atoms with Gasteiger partial charge < -0.3 is 5.11 Å². The average Bonchev–Trinajstić information content (AvgIpc) is 3.16. The van der Waals surface area contributed by atoms with Crippen molar-refractivity contribution in [1.82, 2.24) is 19.6 Å². The number of rotatable bonds is 4. The number of thiazole rings is 1. The molecule has 0 unspecified atom stereocenters. The number of aryl methyl sites for hydroxylation is 1. The normalized spacial score (nSPS) is 15.9. The Hall–Kier alpha value is -2.57. The molecule has 0 atom stereocenters. The second-order valence-corrected chi connectivity index (χ2v) is 8.98. The number of aromatic nitrogens is 4. The predicted octanol–water partition coefficient (Wildman–Crippen LogP) is 4.47. The van der Waals surface area contributed by atoms with Crippen molar-refractivity contribution >= 4 is 17.0 Å². The van der Waals surface area contributed by atoms with Gasteiger partial charge in [0.15, 0.2) is 5.65 Å². The molecule has 3 heterocycles. The molecule has 5 nitrogen and oxygen atoms in total. The maximum absolute atomic E-state index is 10.5. The van der Waals surface area contributed by atoms with Crippen molar-refractivity contribution in [1.29, 1.82) is 0 Å². The van der Waals surface area contributed by atoms with Crippen molar-refractivity contribution < 1.29 is 5.11 Å². The molecule has 0 bridgehead atoms. The van der Waals surface area contributed by atoms with Crippen LogP contribution >= 0.6 is 11.3 Å². The Labute approximate surface area is 167 Å². The van der Waals surface area contributed by atoms with Crippen LogP contribution in [0.3, 0.4) is 0 Å². The molecule has 4 aromatic rings. The van der Waals surface area contributed by atoms with Crippen molar-refractivity contribution in [3.63, 3.8) is 0 Å². The molecule has 28 heavy (non-hydrogen) atoms. The molecule has 0 saturated heterocycles. The van der Waals surface area contributed by atoms with Crippen LogP contribution in [-0.2, 0) is 11.0 Å². The van der Waals surface area contributed by atoms with Crippen LogP contribution in [0.1, 0.15) is 49.3 Å². The molecule has 0 spiro atoms. The first kappa shape index (κ1) is 17.5. The quantitative estimate of drug-likeness (QED) is 0.558. The van der Waals surface area contributed by atoms with Crippen LogP contribution in [0.4, 0.5) is 0 Å². The summed E-state index contributed by atoms with van der Waals surface area (Å²) < 4.78 is 2.04. The van der Waals surface area contributed by atoms with Crippen LogP contribution in [-0.4, -0.2) is 24.7 Å². The van der Waals surface area contributed by atoms with E-state index in [1.165, 1.54) is 16.0 Å². The molecule has 1 fully saturated rings. The lowest BCUT2D eigenvalue weighted by Gasteiger charge is -2.19. The standard InChI is InChI=1S/C22H22N4OS/c1-14-18(28-13-23-14)15-6-8-16(9-7-15)22(10-11-22)20-25-24-19-17(21(2,3)27)5-4-12-26(19)20/h4-9,12-13,27H,10-11H2,1-3H3. The first-order valence-electron chi connectivity index (χ1n) is 9.48. The molecule has 5 rings (SSSR count). The zero-order valence-corrected chi connectivity index (χ0v) is 17.0. The third-order valence-electron chi connectivity index (χ3n) is 5.72. The van der Waals surface area contributed by atoms with Gasteiger partial charge in [0.1, 0.15) is 5.82 Å². The Bertz CT molecular complexity index is 1160. The van der Waals surface area contributed by atoms with Gasteiger partial charge in [-0.15, -0.1) is 21.5 Å². The molecule has 1 aliphatic rings. The maximum atomic E-state index is 10.5. The Balaban J connectivity index is 1.58. The molecule has 142 valence electrons. The number of benzene rings is 1. The summed E-state index contributed by atoms with van der Waals surface area (Å²) in [5, 5.41) is 19.5. The molecule has 0 aliphatic heterocycles. The van der Waals surface area contributed by atoms with Crippen molar-refractivity contribution in [2.45, 2.75) is 44.6 Å². The fraction of sp³-hybridized carbons (Fsp3) is 0.318. The first-order valence-corrected chi connectivity index (χ1v) is 10.4. The highest BCUT2D eigenvalue weighted by Gasteiger charge is 2.49. The first-order chi connectivity index (χ1) is 13.4. The summed E-state index contributed by atoms with van der Waals surface area (Å²) in [4.78, 5) is 5.58. The van der Waals surface area contributed by atoms with E-state index < -0.39 is 5.60 Å². The van der Waals surface area contributed by atoms with Gasteiger partial charge in [0.25, 0.3) is 0 Å². The third kappa shape index (κ3) is 2.59. The smallest absolute Gasteiger partial charge is 0.166 e. The summed E-state index contributed by atoms with van der Waals surface area (Å²) in [7, 11) is 0. The van der Waals surface area contributed by atoms with E-state index in [2.05, 4.69) is 39.4 Å². The van der Waals surface area contributed by atoms with E-state index in [0.717, 1.165) is 35.6 Å². The molecule has 1 saturated carbocycles.